The van der Waals surface area contributed by atoms with Crippen molar-refractivity contribution in [3.8, 4) is 11.5 Å². The van der Waals surface area contributed by atoms with E-state index >= 15 is 0 Å². The van der Waals surface area contributed by atoms with Gasteiger partial charge in [0.25, 0.3) is 0 Å². The SMILES string of the molecule is COc1cccc(CN(C)S(=O)(=O)c2ccc(OC)c(F)c2)c1. The van der Waals surface area contributed by atoms with Gasteiger partial charge in [0, 0.05) is 13.6 Å². The van der Waals surface area contributed by atoms with Gasteiger partial charge in [-0.15, -0.1) is 0 Å². The van der Waals surface area contributed by atoms with E-state index < -0.39 is 15.8 Å². The van der Waals surface area contributed by atoms with Gasteiger partial charge in [-0.3, -0.25) is 0 Å². The van der Waals surface area contributed by atoms with Gasteiger partial charge in [0.1, 0.15) is 5.75 Å². The summed E-state index contributed by atoms with van der Waals surface area (Å²) in [6.07, 6.45) is 0. The Bertz CT molecular complexity index is 792. The van der Waals surface area contributed by atoms with E-state index in [0.717, 1.165) is 15.9 Å². The first-order valence-corrected chi connectivity index (χ1v) is 8.25. The Morgan fingerprint density at radius 2 is 1.83 bits per heavy atom. The Hall–Kier alpha value is -2.12. The molecule has 124 valence electrons. The van der Waals surface area contributed by atoms with Crippen molar-refractivity contribution >= 4 is 10.0 Å². The van der Waals surface area contributed by atoms with E-state index in [1.54, 1.807) is 31.4 Å². The molecule has 5 nitrogen and oxygen atoms in total. The standard InChI is InChI=1S/C16H18FNO4S/c1-18(11-12-5-4-6-13(9-12)21-2)23(19,20)14-7-8-16(22-3)15(17)10-14/h4-10H,11H2,1-3H3. The average molecular weight is 339 g/mol. The highest BCUT2D eigenvalue weighted by molar-refractivity contribution is 7.89. The van der Waals surface area contributed by atoms with Crippen molar-refractivity contribution in [3.63, 3.8) is 0 Å². The molecule has 0 unspecified atom stereocenters. The third-order valence-electron chi connectivity index (χ3n) is 3.37. The van der Waals surface area contributed by atoms with Crippen LogP contribution in [0.15, 0.2) is 47.4 Å². The van der Waals surface area contributed by atoms with Crippen LogP contribution in [0, 0.1) is 5.82 Å². The zero-order chi connectivity index (χ0) is 17.0. The minimum atomic E-state index is -3.81. The average Bonchev–Trinajstić information content (AvgIpc) is 2.54. The van der Waals surface area contributed by atoms with Crippen LogP contribution in [0.4, 0.5) is 4.39 Å². The molecule has 2 rings (SSSR count). The number of sulfonamides is 1. The van der Waals surface area contributed by atoms with E-state index in [1.165, 1.54) is 26.3 Å². The molecule has 0 aliphatic carbocycles. The number of nitrogens with zero attached hydrogens (tertiary/aromatic N) is 1. The number of hydrogen-bond donors (Lipinski definition) is 0. The lowest BCUT2D eigenvalue weighted by Gasteiger charge is -2.18. The number of benzene rings is 2. The monoisotopic (exact) mass is 339 g/mol. The minimum Gasteiger partial charge on any atom is -0.497 e. The van der Waals surface area contributed by atoms with E-state index in [2.05, 4.69) is 0 Å². The number of hydrogen-bond acceptors (Lipinski definition) is 4. The third-order valence-corrected chi connectivity index (χ3v) is 5.17. The molecule has 0 N–H and O–H groups in total. The summed E-state index contributed by atoms with van der Waals surface area (Å²) in [5, 5.41) is 0. The topological polar surface area (TPSA) is 55.8 Å². The van der Waals surface area contributed by atoms with Gasteiger partial charge in [-0.2, -0.15) is 4.31 Å². The molecule has 0 radical (unpaired) electrons. The summed E-state index contributed by atoms with van der Waals surface area (Å²) >= 11 is 0. The molecule has 0 aliphatic rings. The molecule has 0 bridgehead atoms. The van der Waals surface area contributed by atoms with Crippen molar-refractivity contribution in [2.45, 2.75) is 11.4 Å². The van der Waals surface area contributed by atoms with Crippen LogP contribution in [-0.2, 0) is 16.6 Å². The Morgan fingerprint density at radius 3 is 2.43 bits per heavy atom. The predicted octanol–water partition coefficient (Wildman–Crippen LogP) is 2.66. The van der Waals surface area contributed by atoms with E-state index in [9.17, 15) is 12.8 Å². The van der Waals surface area contributed by atoms with Crippen LogP contribution in [0.5, 0.6) is 11.5 Å². The quantitative estimate of drug-likeness (QED) is 0.812. The van der Waals surface area contributed by atoms with Gasteiger partial charge in [0.05, 0.1) is 19.1 Å². The third kappa shape index (κ3) is 3.80. The van der Waals surface area contributed by atoms with Gasteiger partial charge in [-0.1, -0.05) is 12.1 Å². The molecule has 0 saturated heterocycles. The highest BCUT2D eigenvalue weighted by atomic mass is 32.2. The first-order chi connectivity index (χ1) is 10.9. The van der Waals surface area contributed by atoms with E-state index in [0.29, 0.717) is 5.75 Å². The Kier molecular flexibility index (Phi) is 5.23. The lowest BCUT2D eigenvalue weighted by molar-refractivity contribution is 0.385. The van der Waals surface area contributed by atoms with Crippen LogP contribution in [0.3, 0.4) is 0 Å². The lowest BCUT2D eigenvalue weighted by atomic mass is 10.2. The first-order valence-electron chi connectivity index (χ1n) is 6.81. The molecular formula is C16H18FNO4S. The van der Waals surface area contributed by atoms with Crippen LogP contribution in [0.25, 0.3) is 0 Å². The number of ether oxygens (including phenoxy) is 2. The van der Waals surface area contributed by atoms with Crippen LogP contribution in [0.1, 0.15) is 5.56 Å². The van der Waals surface area contributed by atoms with Crippen LogP contribution < -0.4 is 9.47 Å². The van der Waals surface area contributed by atoms with E-state index in [1.807, 2.05) is 0 Å². The molecule has 7 heteroatoms. The molecule has 0 aromatic heterocycles. The molecular weight excluding hydrogens is 321 g/mol. The second kappa shape index (κ2) is 6.97. The molecule has 23 heavy (non-hydrogen) atoms. The fourth-order valence-corrected chi connectivity index (χ4v) is 3.27. The zero-order valence-corrected chi connectivity index (χ0v) is 13.9. The fraction of sp³-hybridized carbons (Fsp3) is 0.250. The van der Waals surface area contributed by atoms with Gasteiger partial charge in [-0.25, -0.2) is 12.8 Å². The van der Waals surface area contributed by atoms with Crippen molar-refractivity contribution in [3.05, 3.63) is 53.8 Å². The smallest absolute Gasteiger partial charge is 0.243 e. The normalized spacial score (nSPS) is 11.5. The second-order valence-corrected chi connectivity index (χ2v) is 6.95. The summed E-state index contributed by atoms with van der Waals surface area (Å²) in [4.78, 5) is -0.124. The van der Waals surface area contributed by atoms with Gasteiger partial charge in [0.2, 0.25) is 10.0 Å². The Labute approximate surface area is 135 Å². The predicted molar refractivity (Wildman–Crippen MR) is 84.6 cm³/mol. The van der Waals surface area contributed by atoms with Crippen molar-refractivity contribution in [2.75, 3.05) is 21.3 Å². The Balaban J connectivity index is 2.26. The maximum atomic E-state index is 13.7. The lowest BCUT2D eigenvalue weighted by Crippen LogP contribution is -2.26. The van der Waals surface area contributed by atoms with Crippen molar-refractivity contribution in [2.24, 2.45) is 0 Å². The number of halogens is 1. The molecule has 0 saturated carbocycles. The summed E-state index contributed by atoms with van der Waals surface area (Å²) in [6.45, 7) is 0.146. The van der Waals surface area contributed by atoms with Gasteiger partial charge < -0.3 is 9.47 Å². The van der Waals surface area contributed by atoms with Crippen molar-refractivity contribution in [1.82, 2.24) is 4.31 Å². The molecule has 0 fully saturated rings. The largest absolute Gasteiger partial charge is 0.497 e. The maximum Gasteiger partial charge on any atom is 0.243 e. The molecule has 2 aromatic carbocycles. The first kappa shape index (κ1) is 17.2. The van der Waals surface area contributed by atoms with E-state index in [-0.39, 0.29) is 17.2 Å². The second-order valence-electron chi connectivity index (χ2n) is 4.91. The van der Waals surface area contributed by atoms with Crippen LogP contribution in [-0.4, -0.2) is 34.0 Å². The molecule has 0 amide bonds. The molecule has 0 atom stereocenters. The zero-order valence-electron chi connectivity index (χ0n) is 13.1. The minimum absolute atomic E-state index is 0.000557. The molecule has 0 heterocycles. The summed E-state index contributed by atoms with van der Waals surface area (Å²) in [5.74, 6) is -0.0773. The van der Waals surface area contributed by atoms with Crippen LogP contribution in [0.2, 0.25) is 0 Å². The highest BCUT2D eigenvalue weighted by Crippen LogP contribution is 2.24. The molecule has 0 spiro atoms. The number of methoxy groups -OCH3 is 2. The van der Waals surface area contributed by atoms with Gasteiger partial charge in [-0.05, 0) is 35.9 Å². The molecule has 2 aromatic rings. The Morgan fingerprint density at radius 1 is 1.09 bits per heavy atom. The van der Waals surface area contributed by atoms with Gasteiger partial charge in [0.15, 0.2) is 11.6 Å². The highest BCUT2D eigenvalue weighted by Gasteiger charge is 2.22. The maximum absolute atomic E-state index is 13.7. The fourth-order valence-electron chi connectivity index (χ4n) is 2.10. The van der Waals surface area contributed by atoms with E-state index in [4.69, 9.17) is 9.47 Å². The van der Waals surface area contributed by atoms with Crippen molar-refractivity contribution in [1.29, 1.82) is 0 Å². The van der Waals surface area contributed by atoms with Crippen LogP contribution >= 0.6 is 0 Å². The summed E-state index contributed by atoms with van der Waals surface area (Å²) < 4.78 is 49.9. The summed E-state index contributed by atoms with van der Waals surface area (Å²) in [7, 11) is 0.496. The van der Waals surface area contributed by atoms with Crippen molar-refractivity contribution < 1.29 is 22.3 Å². The summed E-state index contributed by atoms with van der Waals surface area (Å²) in [5.41, 5.74) is 0.768. The number of rotatable bonds is 6. The summed E-state index contributed by atoms with van der Waals surface area (Å²) in [6, 6.07) is 10.7. The molecule has 0 aliphatic heterocycles. The van der Waals surface area contributed by atoms with Gasteiger partial charge >= 0.3 is 0 Å².